The number of hydrogen-bond donors (Lipinski definition) is 1. The van der Waals surface area contributed by atoms with Crippen LogP contribution < -0.4 is 19.3 Å². The number of anilines is 1. The summed E-state index contributed by atoms with van der Waals surface area (Å²) in [5.74, 6) is -1.81. The van der Waals surface area contributed by atoms with Crippen LogP contribution in [-0.2, 0) is 75.8 Å². The number of amides is 1. The fourth-order valence-corrected chi connectivity index (χ4v) is 9.48. The number of aromatic nitrogens is 5. The van der Waals surface area contributed by atoms with Gasteiger partial charge in [-0.25, -0.2) is 26.6 Å². The lowest BCUT2D eigenvalue weighted by atomic mass is 9.85. The summed E-state index contributed by atoms with van der Waals surface area (Å²) >= 11 is 0. The van der Waals surface area contributed by atoms with E-state index in [0.29, 0.717) is 34.4 Å². The van der Waals surface area contributed by atoms with Crippen LogP contribution in [0.2, 0.25) is 0 Å². The van der Waals surface area contributed by atoms with Gasteiger partial charge in [-0.15, -0.1) is 5.10 Å². The highest BCUT2D eigenvalue weighted by Gasteiger charge is 2.50. The molecule has 2 aliphatic heterocycles. The minimum absolute atomic E-state index is 0.0152. The van der Waals surface area contributed by atoms with E-state index in [1.165, 1.54) is 28.9 Å². The molecule has 59 heavy (non-hydrogen) atoms. The van der Waals surface area contributed by atoms with E-state index in [2.05, 4.69) is 28.8 Å². The van der Waals surface area contributed by atoms with E-state index < -0.39 is 43.5 Å². The minimum Gasteiger partial charge on any atom is -0.487 e. The van der Waals surface area contributed by atoms with Crippen LogP contribution in [0.4, 0.5) is 5.69 Å². The van der Waals surface area contributed by atoms with Crippen molar-refractivity contribution in [1.29, 1.82) is 0 Å². The zero-order valence-electron chi connectivity index (χ0n) is 31.6. The van der Waals surface area contributed by atoms with Crippen molar-refractivity contribution in [2.75, 3.05) is 10.3 Å². The lowest BCUT2D eigenvalue weighted by Crippen LogP contribution is -2.47. The van der Waals surface area contributed by atoms with Gasteiger partial charge in [0, 0.05) is 40.3 Å². The molecule has 0 fully saturated rings. The van der Waals surface area contributed by atoms with Crippen molar-refractivity contribution in [3.05, 3.63) is 124 Å². The molecular weight excluding hydrogens is 807 g/mol. The summed E-state index contributed by atoms with van der Waals surface area (Å²) in [4.78, 5) is 57.8. The molecule has 0 spiro atoms. The van der Waals surface area contributed by atoms with Crippen molar-refractivity contribution in [3.63, 3.8) is 0 Å². The first kappa shape index (κ1) is 40.5. The average Bonchev–Trinajstić information content (AvgIpc) is 3.84. The van der Waals surface area contributed by atoms with Crippen molar-refractivity contribution in [2.24, 2.45) is 0 Å². The summed E-state index contributed by atoms with van der Waals surface area (Å²) in [6.45, 7) is 8.33. The number of ether oxygens (including phenoxy) is 3. The predicted octanol–water partition coefficient (Wildman–Crippen LogP) is 3.15. The maximum absolute atomic E-state index is 13.8. The highest BCUT2D eigenvalue weighted by atomic mass is 32.3. The average molecular weight is 844 g/mol. The number of carbonyl (C=O) groups excluding carboxylic acids is 3. The summed E-state index contributed by atoms with van der Waals surface area (Å²) in [6, 6.07) is 16.5. The van der Waals surface area contributed by atoms with Crippen LogP contribution in [0.25, 0.3) is 22.3 Å². The Hall–Kier alpha value is -6.67. The molecule has 2 aliphatic rings. The molecule has 18 nitrogen and oxygen atoms in total. The van der Waals surface area contributed by atoms with Crippen LogP contribution >= 0.6 is 0 Å². The molecule has 20 heteroatoms. The number of esters is 2. The molecule has 5 heterocycles. The number of nitrogens with zero attached hydrogens (tertiary/aromatic N) is 6. The zero-order valence-corrected chi connectivity index (χ0v) is 33.2. The second-order valence-electron chi connectivity index (χ2n) is 13.5. The summed E-state index contributed by atoms with van der Waals surface area (Å²) in [5.41, 5.74) is 1.15. The Kier molecular flexibility index (Phi) is 10.9. The molecule has 0 aliphatic carbocycles. The maximum atomic E-state index is 13.8. The van der Waals surface area contributed by atoms with Crippen molar-refractivity contribution in [3.8, 4) is 17.1 Å². The van der Waals surface area contributed by atoms with Crippen LogP contribution in [0, 0.1) is 0 Å². The van der Waals surface area contributed by atoms with Crippen LogP contribution in [0.1, 0.15) is 48.6 Å². The van der Waals surface area contributed by atoms with E-state index in [4.69, 9.17) is 19.2 Å². The molecule has 0 radical (unpaired) electrons. The van der Waals surface area contributed by atoms with Gasteiger partial charge in [0.25, 0.3) is 25.6 Å². The molecule has 0 bridgehead atoms. The molecule has 0 unspecified atom stereocenters. The number of cyclic esters (lactones) is 1. The summed E-state index contributed by atoms with van der Waals surface area (Å²) in [7, 11) is -8.80. The number of para-hydroxylation sites is 1. The Bertz CT molecular complexity index is 2780. The SMILES string of the molecule is C=CS(=O)(=O)N(c1ccc(OCc2cn(CCNC(=O)CCC(=O)O[C@]3(CC)C(=O)OCc4c3cc3n(c4=O)Cc4cc5ccccc5nc4-3)nn2)cc1)S(=O)(=O)C=C. The van der Waals surface area contributed by atoms with Crippen molar-refractivity contribution >= 4 is 54.5 Å². The second-order valence-corrected chi connectivity index (χ2v) is 17.1. The van der Waals surface area contributed by atoms with Crippen molar-refractivity contribution in [2.45, 2.75) is 58.1 Å². The number of nitrogens with one attached hydrogen (secondary N) is 1. The molecule has 2 aromatic carbocycles. The van der Waals surface area contributed by atoms with Crippen LogP contribution in [0.3, 0.4) is 0 Å². The highest BCUT2D eigenvalue weighted by molar-refractivity contribution is 8.12. The van der Waals surface area contributed by atoms with Gasteiger partial charge in [0.2, 0.25) is 11.5 Å². The number of pyridine rings is 2. The Morgan fingerprint density at radius 2 is 1.75 bits per heavy atom. The van der Waals surface area contributed by atoms with Gasteiger partial charge < -0.3 is 24.1 Å². The standard InChI is InChI=1S/C39H37N7O11S2/c1-4-39(31-20-33-36-26(19-25-9-7-8-10-32(25)41-36)21-45(33)37(49)30(31)24-56-38(39)50)57-35(48)16-15-34(47)40-17-18-44-22-27(42-43-44)23-55-29-13-11-28(12-14-29)46(58(51,52)5-2)59(53,54)6-3/h5-14,19-20,22H,2-4,15-18,21,23-24H2,1H3,(H,40,47)/t39-/m0/s1. The largest absolute Gasteiger partial charge is 0.487 e. The summed E-state index contributed by atoms with van der Waals surface area (Å²) in [6.07, 6.45) is 0.965. The molecular formula is C39H37N7O11S2. The van der Waals surface area contributed by atoms with E-state index >= 15 is 0 Å². The Balaban J connectivity index is 0.923. The number of rotatable bonds is 16. The van der Waals surface area contributed by atoms with E-state index in [9.17, 15) is 36.0 Å². The molecule has 306 valence electrons. The van der Waals surface area contributed by atoms with Gasteiger partial charge in [-0.1, -0.05) is 43.5 Å². The van der Waals surface area contributed by atoms with Gasteiger partial charge in [0.05, 0.1) is 53.9 Å². The highest BCUT2D eigenvalue weighted by Crippen LogP contribution is 2.41. The van der Waals surface area contributed by atoms with E-state index in [-0.39, 0.29) is 77.4 Å². The number of benzene rings is 2. The molecule has 5 aromatic rings. The first-order chi connectivity index (χ1) is 28.2. The smallest absolute Gasteiger partial charge is 0.355 e. The third kappa shape index (κ3) is 7.83. The lowest BCUT2D eigenvalue weighted by Gasteiger charge is -2.35. The van der Waals surface area contributed by atoms with Gasteiger partial charge in [0.1, 0.15) is 24.7 Å². The van der Waals surface area contributed by atoms with E-state index in [0.717, 1.165) is 16.5 Å². The third-order valence-corrected chi connectivity index (χ3v) is 13.2. The molecule has 1 amide bonds. The summed E-state index contributed by atoms with van der Waals surface area (Å²) in [5, 5.41) is 12.7. The monoisotopic (exact) mass is 843 g/mol. The molecule has 0 saturated heterocycles. The fourth-order valence-electron chi connectivity index (χ4n) is 6.85. The van der Waals surface area contributed by atoms with Crippen LogP contribution in [0.5, 0.6) is 5.75 Å². The first-order valence-electron chi connectivity index (χ1n) is 18.2. The van der Waals surface area contributed by atoms with Crippen molar-refractivity contribution in [1.82, 2.24) is 29.9 Å². The maximum Gasteiger partial charge on any atom is 0.355 e. The molecule has 3 aromatic heterocycles. The van der Waals surface area contributed by atoms with Gasteiger partial charge in [0.15, 0.2) is 0 Å². The number of carbonyl (C=O) groups is 3. The third-order valence-electron chi connectivity index (χ3n) is 9.80. The number of sulfonamides is 2. The predicted molar refractivity (Wildman–Crippen MR) is 212 cm³/mol. The Morgan fingerprint density at radius 3 is 2.46 bits per heavy atom. The zero-order chi connectivity index (χ0) is 42.1. The Morgan fingerprint density at radius 1 is 1.02 bits per heavy atom. The van der Waals surface area contributed by atoms with Gasteiger partial charge in [-0.05, 0) is 48.9 Å². The second kappa shape index (κ2) is 15.9. The fraction of sp³-hybridized carbons (Fsp3) is 0.256. The molecule has 1 atom stereocenters. The minimum atomic E-state index is -4.40. The summed E-state index contributed by atoms with van der Waals surface area (Å²) < 4.78 is 69.6. The Labute approximate surface area is 337 Å². The first-order valence-corrected chi connectivity index (χ1v) is 21.2. The normalized spacial score (nSPS) is 15.6. The topological polar surface area (TPSA) is 228 Å². The van der Waals surface area contributed by atoms with Gasteiger partial charge >= 0.3 is 11.9 Å². The molecule has 0 saturated carbocycles. The molecule has 1 N–H and O–H groups in total. The van der Waals surface area contributed by atoms with E-state index in [1.807, 2.05) is 30.3 Å². The quantitative estimate of drug-likeness (QED) is 0.138. The van der Waals surface area contributed by atoms with Crippen molar-refractivity contribution < 1.29 is 45.4 Å². The van der Waals surface area contributed by atoms with Crippen LogP contribution in [-0.4, -0.2) is 65.8 Å². The molecule has 7 rings (SSSR count). The van der Waals surface area contributed by atoms with E-state index in [1.54, 1.807) is 23.8 Å². The number of fused-ring (bicyclic) bond motifs is 5. The van der Waals surface area contributed by atoms with Gasteiger partial charge in [-0.3, -0.25) is 19.1 Å². The lowest BCUT2D eigenvalue weighted by molar-refractivity contribution is -0.189. The number of hydrogen-bond acceptors (Lipinski definition) is 14. The van der Waals surface area contributed by atoms with Crippen LogP contribution in [0.15, 0.2) is 95.6 Å². The van der Waals surface area contributed by atoms with Gasteiger partial charge in [-0.2, -0.15) is 3.71 Å².